The van der Waals surface area contributed by atoms with E-state index in [1.54, 1.807) is 0 Å². The second kappa shape index (κ2) is 5.75. The van der Waals surface area contributed by atoms with Gasteiger partial charge in [-0.25, -0.2) is 4.79 Å². The van der Waals surface area contributed by atoms with Gasteiger partial charge in [-0.1, -0.05) is 30.3 Å². The summed E-state index contributed by atoms with van der Waals surface area (Å²) in [5, 5.41) is 3.64. The van der Waals surface area contributed by atoms with Crippen LogP contribution in [0.2, 0.25) is 0 Å². The summed E-state index contributed by atoms with van der Waals surface area (Å²) < 4.78 is 20.3. The Morgan fingerprint density at radius 2 is 2.15 bits per heavy atom. The monoisotopic (exact) mass is 275 g/mol. The second-order valence-corrected chi connectivity index (χ2v) is 4.36. The maximum Gasteiger partial charge on any atom is 0.377 e. The van der Waals surface area contributed by atoms with Crippen molar-refractivity contribution in [3.8, 4) is 5.88 Å². The normalized spacial score (nSPS) is 16.7. The van der Waals surface area contributed by atoms with Gasteiger partial charge in [-0.3, -0.25) is 0 Å². The van der Waals surface area contributed by atoms with Crippen LogP contribution in [0.15, 0.2) is 40.9 Å². The summed E-state index contributed by atoms with van der Waals surface area (Å²) in [6, 6.07) is 10.8. The lowest BCUT2D eigenvalue weighted by atomic mass is 10.2. The molecule has 0 aliphatic carbocycles. The predicted molar refractivity (Wildman–Crippen MR) is 67.3 cm³/mol. The second-order valence-electron chi connectivity index (χ2n) is 4.36. The van der Waals surface area contributed by atoms with Crippen LogP contribution in [0, 0.1) is 0 Å². The van der Waals surface area contributed by atoms with Crippen LogP contribution in [0.4, 0.5) is 0 Å². The van der Waals surface area contributed by atoms with Crippen molar-refractivity contribution in [2.45, 2.75) is 12.7 Å². The zero-order chi connectivity index (χ0) is 13.8. The van der Waals surface area contributed by atoms with Gasteiger partial charge < -0.3 is 18.7 Å². The number of carbonyl (C=O) groups is 1. The van der Waals surface area contributed by atoms with Gasteiger partial charge in [0.25, 0.3) is 5.88 Å². The van der Waals surface area contributed by atoms with Crippen molar-refractivity contribution in [2.24, 2.45) is 0 Å². The minimum Gasteiger partial charge on any atom is -0.473 e. The molecule has 0 N–H and O–H groups in total. The first kappa shape index (κ1) is 12.7. The number of benzene rings is 1. The third-order valence-electron chi connectivity index (χ3n) is 2.72. The molecule has 0 radical (unpaired) electrons. The third kappa shape index (κ3) is 3.36. The first-order valence-corrected chi connectivity index (χ1v) is 6.23. The first-order valence-electron chi connectivity index (χ1n) is 6.23. The van der Waals surface area contributed by atoms with E-state index in [1.165, 1.54) is 6.07 Å². The number of aromatic nitrogens is 1. The smallest absolute Gasteiger partial charge is 0.377 e. The number of carbonyl (C=O) groups excluding carboxylic acids is 1. The zero-order valence-electron chi connectivity index (χ0n) is 10.7. The van der Waals surface area contributed by atoms with Crippen LogP contribution in [0.1, 0.15) is 16.1 Å². The summed E-state index contributed by atoms with van der Waals surface area (Å²) in [5.74, 6) is -0.293. The molecule has 0 spiro atoms. The molecule has 0 saturated carbocycles. The third-order valence-corrected chi connectivity index (χ3v) is 2.72. The molecule has 1 atom stereocenters. The number of rotatable bonds is 6. The fraction of sp³-hybridized carbons (Fsp3) is 0.286. The quantitative estimate of drug-likeness (QED) is 0.591. The largest absolute Gasteiger partial charge is 0.473 e. The molecule has 0 unspecified atom stereocenters. The zero-order valence-corrected chi connectivity index (χ0v) is 10.7. The van der Waals surface area contributed by atoms with Crippen molar-refractivity contribution >= 4 is 5.97 Å². The molecular formula is C14H13NO5. The Bertz CT molecular complexity index is 576. The molecule has 6 nitrogen and oxygen atoms in total. The molecule has 3 rings (SSSR count). The van der Waals surface area contributed by atoms with E-state index < -0.39 is 5.97 Å². The predicted octanol–water partition coefficient (Wildman–Crippen LogP) is 1.81. The lowest BCUT2D eigenvalue weighted by molar-refractivity contribution is 0.0425. The topological polar surface area (TPSA) is 74.1 Å². The average Bonchev–Trinajstić information content (AvgIpc) is 3.20. The molecule has 1 aliphatic heterocycles. The van der Waals surface area contributed by atoms with Crippen molar-refractivity contribution < 1.29 is 23.5 Å². The molecule has 2 heterocycles. The van der Waals surface area contributed by atoms with Crippen molar-refractivity contribution in [3.63, 3.8) is 0 Å². The van der Waals surface area contributed by atoms with Crippen LogP contribution in [0.5, 0.6) is 5.88 Å². The number of esters is 1. The molecule has 1 aromatic heterocycles. The summed E-state index contributed by atoms with van der Waals surface area (Å²) in [6.45, 7) is 1.29. The molecule has 1 aromatic carbocycles. The van der Waals surface area contributed by atoms with Gasteiger partial charge in [-0.2, -0.15) is 0 Å². The molecule has 20 heavy (non-hydrogen) atoms. The van der Waals surface area contributed by atoms with Gasteiger partial charge in [0.05, 0.1) is 12.7 Å². The average molecular weight is 275 g/mol. The highest BCUT2D eigenvalue weighted by molar-refractivity contribution is 5.86. The first-order chi connectivity index (χ1) is 9.81. The van der Waals surface area contributed by atoms with E-state index in [1.807, 2.05) is 30.3 Å². The van der Waals surface area contributed by atoms with Crippen LogP contribution in [0.25, 0.3) is 0 Å². The van der Waals surface area contributed by atoms with Gasteiger partial charge in [0.2, 0.25) is 5.76 Å². The lowest BCUT2D eigenvalue weighted by Crippen LogP contribution is -2.05. The van der Waals surface area contributed by atoms with Crippen molar-refractivity contribution in [3.05, 3.63) is 47.7 Å². The van der Waals surface area contributed by atoms with E-state index in [9.17, 15) is 4.79 Å². The highest BCUT2D eigenvalue weighted by Gasteiger charge is 2.24. The molecule has 2 aromatic rings. The summed E-state index contributed by atoms with van der Waals surface area (Å²) in [4.78, 5) is 11.7. The minimum absolute atomic E-state index is 0.0210. The van der Waals surface area contributed by atoms with Gasteiger partial charge in [-0.05, 0) is 10.7 Å². The summed E-state index contributed by atoms with van der Waals surface area (Å²) in [5.41, 5.74) is 0.905. The highest BCUT2D eigenvalue weighted by atomic mass is 16.6. The maximum absolute atomic E-state index is 11.7. The fourth-order valence-electron chi connectivity index (χ4n) is 1.56. The Morgan fingerprint density at radius 3 is 2.90 bits per heavy atom. The van der Waals surface area contributed by atoms with Crippen LogP contribution in [0.3, 0.4) is 0 Å². The van der Waals surface area contributed by atoms with Gasteiger partial charge >= 0.3 is 5.97 Å². The molecule has 0 bridgehead atoms. The number of epoxide rings is 1. The van der Waals surface area contributed by atoms with Crippen molar-refractivity contribution in [2.75, 3.05) is 13.2 Å². The number of hydrogen-bond donors (Lipinski definition) is 0. The van der Waals surface area contributed by atoms with Crippen molar-refractivity contribution in [1.82, 2.24) is 5.16 Å². The highest BCUT2D eigenvalue weighted by Crippen LogP contribution is 2.16. The number of nitrogens with zero attached hydrogens (tertiary/aromatic N) is 1. The van der Waals surface area contributed by atoms with Crippen LogP contribution >= 0.6 is 0 Å². The molecule has 0 amide bonds. The standard InChI is InChI=1S/C14H13NO5/c16-14(19-7-10-4-2-1-3-5-10)12-6-13(15-20-12)18-9-11-8-17-11/h1-6,11H,7-9H2/t11-/m0/s1. The van der Waals surface area contributed by atoms with Gasteiger partial charge in [0.15, 0.2) is 0 Å². The Labute approximate surface area is 115 Å². The van der Waals surface area contributed by atoms with Gasteiger partial charge in [0, 0.05) is 0 Å². The molecule has 1 aliphatic rings. The molecular weight excluding hydrogens is 262 g/mol. The Balaban J connectivity index is 1.51. The van der Waals surface area contributed by atoms with Crippen LogP contribution in [-0.2, 0) is 16.1 Å². The fourth-order valence-corrected chi connectivity index (χ4v) is 1.56. The van der Waals surface area contributed by atoms with Gasteiger partial charge in [-0.15, -0.1) is 0 Å². The minimum atomic E-state index is -0.570. The van der Waals surface area contributed by atoms with Gasteiger partial charge in [0.1, 0.15) is 19.3 Å². The van der Waals surface area contributed by atoms with E-state index in [2.05, 4.69) is 5.16 Å². The molecule has 6 heteroatoms. The van der Waals surface area contributed by atoms with E-state index in [0.717, 1.165) is 5.56 Å². The summed E-state index contributed by atoms with van der Waals surface area (Å²) in [6.07, 6.45) is 0.125. The van der Waals surface area contributed by atoms with E-state index in [0.29, 0.717) is 13.2 Å². The molecule has 1 saturated heterocycles. The van der Waals surface area contributed by atoms with E-state index in [4.69, 9.17) is 18.7 Å². The number of hydrogen-bond acceptors (Lipinski definition) is 6. The Morgan fingerprint density at radius 1 is 1.35 bits per heavy atom. The van der Waals surface area contributed by atoms with Crippen LogP contribution < -0.4 is 4.74 Å². The lowest BCUT2D eigenvalue weighted by Gasteiger charge is -2.01. The summed E-state index contributed by atoms with van der Waals surface area (Å²) >= 11 is 0. The number of ether oxygens (including phenoxy) is 3. The SMILES string of the molecule is O=C(OCc1ccccc1)c1cc(OC[C@@H]2CO2)no1. The van der Waals surface area contributed by atoms with Crippen LogP contribution in [-0.4, -0.2) is 30.4 Å². The molecule has 104 valence electrons. The Kier molecular flexibility index (Phi) is 3.64. The summed E-state index contributed by atoms with van der Waals surface area (Å²) in [7, 11) is 0. The van der Waals surface area contributed by atoms with Crippen molar-refractivity contribution in [1.29, 1.82) is 0 Å². The maximum atomic E-state index is 11.7. The van der Waals surface area contributed by atoms with E-state index in [-0.39, 0.29) is 24.4 Å². The molecule has 1 fully saturated rings. The van der Waals surface area contributed by atoms with E-state index >= 15 is 0 Å². The Hall–Kier alpha value is -2.34.